The molecule has 118 valence electrons. The van der Waals surface area contributed by atoms with Crippen molar-refractivity contribution in [2.45, 2.75) is 44.7 Å². The smallest absolute Gasteiger partial charge is 0.213 e. The van der Waals surface area contributed by atoms with Gasteiger partial charge in [0, 0.05) is 24.7 Å². The van der Waals surface area contributed by atoms with E-state index < -0.39 is 0 Å². The molecule has 0 aromatic carbocycles. The largest absolute Gasteiger partial charge is 0.481 e. The van der Waals surface area contributed by atoms with Gasteiger partial charge in [-0.3, -0.25) is 0 Å². The summed E-state index contributed by atoms with van der Waals surface area (Å²) in [6.45, 7) is 4.19. The Kier molecular flexibility index (Phi) is 5.59. The van der Waals surface area contributed by atoms with Gasteiger partial charge in [-0.05, 0) is 38.9 Å². The second-order valence-corrected chi connectivity index (χ2v) is 6.60. The first-order chi connectivity index (χ1) is 10.1. The van der Waals surface area contributed by atoms with Crippen molar-refractivity contribution in [1.82, 2.24) is 15.2 Å². The first kappa shape index (κ1) is 16.2. The van der Waals surface area contributed by atoms with Crippen molar-refractivity contribution in [2.24, 2.45) is 5.92 Å². The summed E-state index contributed by atoms with van der Waals surface area (Å²) in [6, 6.07) is 5.92. The van der Waals surface area contributed by atoms with E-state index in [0.717, 1.165) is 24.7 Å². The minimum Gasteiger partial charge on any atom is -0.481 e. The first-order valence-electron chi connectivity index (χ1n) is 7.94. The Bertz CT molecular complexity index is 449. The van der Waals surface area contributed by atoms with Gasteiger partial charge in [0.05, 0.1) is 12.8 Å². The predicted molar refractivity (Wildman–Crippen MR) is 86.5 cm³/mol. The number of methoxy groups -OCH3 is 1. The van der Waals surface area contributed by atoms with E-state index in [4.69, 9.17) is 4.74 Å². The molecule has 1 aromatic rings. The average Bonchev–Trinajstić information content (AvgIpc) is 2.47. The SMILES string of the molecule is COc1cccc(CNCC2(N(C)C)CCCC(C)C2)n1. The number of hydrogen-bond acceptors (Lipinski definition) is 4. The third-order valence-electron chi connectivity index (χ3n) is 4.77. The van der Waals surface area contributed by atoms with E-state index in [9.17, 15) is 0 Å². The Hall–Kier alpha value is -1.13. The first-order valence-corrected chi connectivity index (χ1v) is 7.94. The highest BCUT2D eigenvalue weighted by Crippen LogP contribution is 2.35. The molecule has 0 saturated heterocycles. The van der Waals surface area contributed by atoms with E-state index in [1.54, 1.807) is 7.11 Å². The molecule has 1 heterocycles. The Balaban J connectivity index is 1.93. The molecular weight excluding hydrogens is 262 g/mol. The van der Waals surface area contributed by atoms with E-state index in [-0.39, 0.29) is 5.54 Å². The monoisotopic (exact) mass is 291 g/mol. The minimum atomic E-state index is 0.288. The van der Waals surface area contributed by atoms with Crippen LogP contribution in [0.4, 0.5) is 0 Å². The lowest BCUT2D eigenvalue weighted by Crippen LogP contribution is -2.54. The molecule has 1 aromatic heterocycles. The van der Waals surface area contributed by atoms with Crippen molar-refractivity contribution in [3.63, 3.8) is 0 Å². The zero-order valence-corrected chi connectivity index (χ0v) is 13.9. The molecule has 2 unspecified atom stereocenters. The number of pyridine rings is 1. The summed E-state index contributed by atoms with van der Waals surface area (Å²) >= 11 is 0. The van der Waals surface area contributed by atoms with Crippen LogP contribution < -0.4 is 10.1 Å². The fraction of sp³-hybridized carbons (Fsp3) is 0.706. The van der Waals surface area contributed by atoms with Crippen LogP contribution in [-0.4, -0.2) is 43.2 Å². The Morgan fingerprint density at radius 3 is 2.90 bits per heavy atom. The van der Waals surface area contributed by atoms with Crippen LogP contribution in [0.3, 0.4) is 0 Å². The second kappa shape index (κ2) is 7.23. The maximum absolute atomic E-state index is 5.18. The van der Waals surface area contributed by atoms with E-state index in [1.807, 2.05) is 18.2 Å². The number of nitrogens with zero attached hydrogens (tertiary/aromatic N) is 2. The quantitative estimate of drug-likeness (QED) is 0.874. The van der Waals surface area contributed by atoms with E-state index in [1.165, 1.54) is 25.7 Å². The van der Waals surface area contributed by atoms with Crippen molar-refractivity contribution in [3.8, 4) is 5.88 Å². The highest BCUT2D eigenvalue weighted by Gasteiger charge is 2.36. The summed E-state index contributed by atoms with van der Waals surface area (Å²) in [7, 11) is 6.08. The predicted octanol–water partition coefficient (Wildman–Crippen LogP) is 2.69. The van der Waals surface area contributed by atoms with Gasteiger partial charge in [0.25, 0.3) is 0 Å². The highest BCUT2D eigenvalue weighted by molar-refractivity contribution is 5.15. The summed E-state index contributed by atoms with van der Waals surface area (Å²) in [5, 5.41) is 3.61. The Labute approximate surface area is 128 Å². The minimum absolute atomic E-state index is 0.288. The highest BCUT2D eigenvalue weighted by atomic mass is 16.5. The Morgan fingerprint density at radius 2 is 2.24 bits per heavy atom. The maximum atomic E-state index is 5.18. The third-order valence-corrected chi connectivity index (χ3v) is 4.77. The van der Waals surface area contributed by atoms with E-state index in [0.29, 0.717) is 5.88 Å². The van der Waals surface area contributed by atoms with Crippen molar-refractivity contribution < 1.29 is 4.74 Å². The van der Waals surface area contributed by atoms with Crippen LogP contribution in [0, 0.1) is 5.92 Å². The molecule has 1 fully saturated rings. The third kappa shape index (κ3) is 4.17. The number of rotatable bonds is 6. The van der Waals surface area contributed by atoms with E-state index in [2.05, 4.69) is 36.2 Å². The van der Waals surface area contributed by atoms with Gasteiger partial charge in [0.1, 0.15) is 0 Å². The van der Waals surface area contributed by atoms with Crippen LogP contribution in [0.15, 0.2) is 18.2 Å². The fourth-order valence-electron chi connectivity index (χ4n) is 3.45. The molecule has 1 saturated carbocycles. The summed E-state index contributed by atoms with van der Waals surface area (Å²) < 4.78 is 5.18. The molecule has 0 amide bonds. The number of hydrogen-bond donors (Lipinski definition) is 1. The van der Waals surface area contributed by atoms with Crippen molar-refractivity contribution >= 4 is 0 Å². The van der Waals surface area contributed by atoms with Gasteiger partial charge in [-0.25, -0.2) is 4.98 Å². The van der Waals surface area contributed by atoms with Crippen LogP contribution >= 0.6 is 0 Å². The molecule has 0 aliphatic heterocycles. The van der Waals surface area contributed by atoms with Crippen LogP contribution in [0.25, 0.3) is 0 Å². The number of aromatic nitrogens is 1. The lowest BCUT2D eigenvalue weighted by molar-refractivity contribution is 0.0749. The average molecular weight is 291 g/mol. The molecule has 1 N–H and O–H groups in total. The van der Waals surface area contributed by atoms with Crippen molar-refractivity contribution in [2.75, 3.05) is 27.7 Å². The lowest BCUT2D eigenvalue weighted by atomic mass is 9.75. The molecule has 2 rings (SSSR count). The normalized spacial score (nSPS) is 26.0. The molecule has 0 spiro atoms. The molecule has 2 atom stereocenters. The summed E-state index contributed by atoms with van der Waals surface area (Å²) in [4.78, 5) is 6.87. The van der Waals surface area contributed by atoms with Gasteiger partial charge >= 0.3 is 0 Å². The standard InChI is InChI=1S/C17H29N3O/c1-14-7-6-10-17(11-14,20(2)3)13-18-12-15-8-5-9-16(19-15)21-4/h5,8-9,14,18H,6-7,10-13H2,1-4H3. The van der Waals surface area contributed by atoms with Crippen LogP contribution in [0.1, 0.15) is 38.3 Å². The molecule has 4 nitrogen and oxygen atoms in total. The molecule has 1 aliphatic rings. The number of likely N-dealkylation sites (N-methyl/N-ethyl adjacent to an activating group) is 1. The molecule has 21 heavy (non-hydrogen) atoms. The zero-order chi connectivity index (χ0) is 15.3. The zero-order valence-electron chi connectivity index (χ0n) is 13.9. The second-order valence-electron chi connectivity index (χ2n) is 6.60. The van der Waals surface area contributed by atoms with E-state index >= 15 is 0 Å². The fourth-order valence-corrected chi connectivity index (χ4v) is 3.45. The van der Waals surface area contributed by atoms with Crippen molar-refractivity contribution in [1.29, 1.82) is 0 Å². The molecular formula is C17H29N3O. The number of ether oxygens (including phenoxy) is 1. The molecule has 0 radical (unpaired) electrons. The van der Waals surface area contributed by atoms with Crippen LogP contribution in [0.2, 0.25) is 0 Å². The van der Waals surface area contributed by atoms with Gasteiger partial charge in [-0.1, -0.05) is 25.8 Å². The topological polar surface area (TPSA) is 37.4 Å². The number of nitrogens with one attached hydrogen (secondary N) is 1. The molecule has 4 heteroatoms. The van der Waals surface area contributed by atoms with Crippen LogP contribution in [-0.2, 0) is 6.54 Å². The lowest BCUT2D eigenvalue weighted by Gasteiger charge is -2.45. The van der Waals surface area contributed by atoms with Crippen LogP contribution in [0.5, 0.6) is 5.88 Å². The maximum Gasteiger partial charge on any atom is 0.213 e. The van der Waals surface area contributed by atoms with Gasteiger partial charge < -0.3 is 15.0 Å². The Morgan fingerprint density at radius 1 is 1.43 bits per heavy atom. The summed E-state index contributed by atoms with van der Waals surface area (Å²) in [5.41, 5.74) is 1.32. The van der Waals surface area contributed by atoms with Gasteiger partial charge in [0.2, 0.25) is 5.88 Å². The molecule has 0 bridgehead atoms. The van der Waals surface area contributed by atoms with Crippen molar-refractivity contribution in [3.05, 3.63) is 23.9 Å². The van der Waals surface area contributed by atoms with Gasteiger partial charge in [-0.15, -0.1) is 0 Å². The summed E-state index contributed by atoms with van der Waals surface area (Å²) in [5.74, 6) is 1.50. The summed E-state index contributed by atoms with van der Waals surface area (Å²) in [6.07, 6.45) is 5.26. The van der Waals surface area contributed by atoms with Gasteiger partial charge in [0.15, 0.2) is 0 Å². The molecule has 1 aliphatic carbocycles. The van der Waals surface area contributed by atoms with Gasteiger partial charge in [-0.2, -0.15) is 0 Å².